The Morgan fingerprint density at radius 2 is 2.35 bits per heavy atom. The number of aliphatic hydroxyl groups excluding tert-OH is 1. The van der Waals surface area contributed by atoms with E-state index in [0.717, 1.165) is 44.8 Å². The number of aromatic nitrogens is 2. The highest BCUT2D eigenvalue weighted by atomic mass is 16.3. The van der Waals surface area contributed by atoms with E-state index in [2.05, 4.69) is 16.1 Å². The van der Waals surface area contributed by atoms with E-state index in [1.807, 2.05) is 0 Å². The van der Waals surface area contributed by atoms with Crippen LogP contribution in [-0.2, 0) is 19.4 Å². The number of nitrogens with one attached hydrogen (secondary N) is 1. The van der Waals surface area contributed by atoms with Gasteiger partial charge in [-0.25, -0.2) is 4.98 Å². The second kappa shape index (κ2) is 4.78. The molecule has 0 bridgehead atoms. The zero-order valence-electron chi connectivity index (χ0n) is 10.2. The maximum Gasteiger partial charge on any atom is 0.109 e. The van der Waals surface area contributed by atoms with E-state index >= 15 is 0 Å². The fourth-order valence-corrected chi connectivity index (χ4v) is 2.99. The largest absolute Gasteiger partial charge is 0.396 e. The van der Waals surface area contributed by atoms with Crippen LogP contribution in [0.2, 0.25) is 0 Å². The molecule has 0 saturated carbocycles. The fourth-order valence-electron chi connectivity index (χ4n) is 2.99. The van der Waals surface area contributed by atoms with Crippen LogP contribution in [0.4, 0.5) is 0 Å². The fraction of sp³-hybridized carbons (Fsp3) is 0.769. The van der Waals surface area contributed by atoms with E-state index in [1.54, 1.807) is 0 Å². The van der Waals surface area contributed by atoms with E-state index in [-0.39, 0.29) is 0 Å². The van der Waals surface area contributed by atoms with Gasteiger partial charge in [0, 0.05) is 25.8 Å². The van der Waals surface area contributed by atoms with Crippen LogP contribution in [0.25, 0.3) is 0 Å². The third-order valence-corrected chi connectivity index (χ3v) is 4.08. The lowest BCUT2D eigenvalue weighted by atomic mass is 9.99. The van der Waals surface area contributed by atoms with Gasteiger partial charge in [-0.05, 0) is 44.2 Å². The minimum Gasteiger partial charge on any atom is -0.396 e. The number of hydrogen-bond donors (Lipinski definition) is 2. The number of imidazole rings is 1. The van der Waals surface area contributed by atoms with Crippen molar-refractivity contribution < 1.29 is 5.11 Å². The van der Waals surface area contributed by atoms with Crippen molar-refractivity contribution in [1.82, 2.24) is 14.9 Å². The lowest BCUT2D eigenvalue weighted by Gasteiger charge is -2.20. The highest BCUT2D eigenvalue weighted by Crippen LogP contribution is 2.22. The predicted octanol–water partition coefficient (Wildman–Crippen LogP) is 0.590. The third kappa shape index (κ3) is 2.38. The van der Waals surface area contributed by atoms with Crippen molar-refractivity contribution in [2.75, 3.05) is 19.7 Å². The Morgan fingerprint density at radius 3 is 3.12 bits per heavy atom. The molecule has 0 amide bonds. The van der Waals surface area contributed by atoms with Crippen molar-refractivity contribution in [3.63, 3.8) is 0 Å². The summed E-state index contributed by atoms with van der Waals surface area (Å²) >= 11 is 0. The second-order valence-corrected chi connectivity index (χ2v) is 5.45. The molecule has 0 aromatic carbocycles. The first-order valence-electron chi connectivity index (χ1n) is 6.71. The van der Waals surface area contributed by atoms with Gasteiger partial charge >= 0.3 is 0 Å². The molecule has 4 heteroatoms. The van der Waals surface area contributed by atoms with Gasteiger partial charge in [0.15, 0.2) is 0 Å². The molecule has 2 atom stereocenters. The quantitative estimate of drug-likeness (QED) is 0.806. The maximum absolute atomic E-state index is 9.21. The van der Waals surface area contributed by atoms with Gasteiger partial charge in [-0.2, -0.15) is 0 Å². The molecule has 0 radical (unpaired) electrons. The molecule has 0 aliphatic carbocycles. The highest BCUT2D eigenvalue weighted by molar-refractivity contribution is 5.08. The van der Waals surface area contributed by atoms with Crippen LogP contribution in [0.15, 0.2) is 6.20 Å². The number of nitrogens with zero attached hydrogens (tertiary/aromatic N) is 2. The van der Waals surface area contributed by atoms with Crippen LogP contribution >= 0.6 is 0 Å². The van der Waals surface area contributed by atoms with Gasteiger partial charge in [-0.15, -0.1) is 0 Å². The van der Waals surface area contributed by atoms with E-state index in [0.29, 0.717) is 12.5 Å². The summed E-state index contributed by atoms with van der Waals surface area (Å²) in [4.78, 5) is 4.74. The molecule has 1 aromatic heterocycles. The Labute approximate surface area is 102 Å². The molecule has 4 nitrogen and oxygen atoms in total. The molecule has 3 heterocycles. The van der Waals surface area contributed by atoms with Crippen LogP contribution < -0.4 is 5.32 Å². The van der Waals surface area contributed by atoms with Gasteiger partial charge in [0.1, 0.15) is 5.82 Å². The Kier molecular flexibility index (Phi) is 3.16. The van der Waals surface area contributed by atoms with E-state index in [4.69, 9.17) is 4.98 Å². The van der Waals surface area contributed by atoms with Crippen molar-refractivity contribution in [2.45, 2.75) is 32.2 Å². The number of aryl methyl sites for hydroxylation is 1. The second-order valence-electron chi connectivity index (χ2n) is 5.45. The molecule has 0 spiro atoms. The highest BCUT2D eigenvalue weighted by Gasteiger charge is 2.22. The third-order valence-electron chi connectivity index (χ3n) is 4.08. The Morgan fingerprint density at radius 1 is 1.41 bits per heavy atom. The normalized spacial score (nSPS) is 28.3. The summed E-state index contributed by atoms with van der Waals surface area (Å²) in [5.41, 5.74) is 1.24. The van der Waals surface area contributed by atoms with Crippen molar-refractivity contribution >= 4 is 0 Å². The van der Waals surface area contributed by atoms with Gasteiger partial charge in [0.2, 0.25) is 0 Å². The summed E-state index contributed by atoms with van der Waals surface area (Å²) in [5, 5.41) is 12.6. The molecule has 2 unspecified atom stereocenters. The summed E-state index contributed by atoms with van der Waals surface area (Å²) < 4.78 is 2.28. The molecule has 2 N–H and O–H groups in total. The molecule has 1 saturated heterocycles. The van der Waals surface area contributed by atoms with Gasteiger partial charge in [0.05, 0.1) is 5.69 Å². The standard InChI is InChI=1S/C13H21N3O/c17-9-11-2-4-16-8-12(15-13(16)6-11)5-10-1-3-14-7-10/h8,10-11,14,17H,1-7,9H2. The van der Waals surface area contributed by atoms with E-state index in [9.17, 15) is 5.11 Å². The molecular weight excluding hydrogens is 214 g/mol. The molecule has 1 fully saturated rings. The average molecular weight is 235 g/mol. The van der Waals surface area contributed by atoms with Crippen LogP contribution in [-0.4, -0.2) is 34.4 Å². The first-order chi connectivity index (χ1) is 8.35. The lowest BCUT2D eigenvalue weighted by molar-refractivity contribution is 0.199. The first kappa shape index (κ1) is 11.2. The number of hydrogen-bond acceptors (Lipinski definition) is 3. The topological polar surface area (TPSA) is 50.1 Å². The van der Waals surface area contributed by atoms with Crippen molar-refractivity contribution in [3.05, 3.63) is 17.7 Å². The molecule has 17 heavy (non-hydrogen) atoms. The Hall–Kier alpha value is -0.870. The van der Waals surface area contributed by atoms with E-state index < -0.39 is 0 Å². The predicted molar refractivity (Wildman–Crippen MR) is 65.8 cm³/mol. The molecule has 1 aromatic rings. The number of aliphatic hydroxyl groups is 1. The molecule has 94 valence electrons. The zero-order chi connectivity index (χ0) is 11.7. The van der Waals surface area contributed by atoms with Crippen LogP contribution in [0.5, 0.6) is 0 Å². The Bertz CT molecular complexity index is 382. The monoisotopic (exact) mass is 235 g/mol. The van der Waals surface area contributed by atoms with E-state index in [1.165, 1.54) is 17.9 Å². The van der Waals surface area contributed by atoms with Crippen LogP contribution in [0.1, 0.15) is 24.4 Å². The smallest absolute Gasteiger partial charge is 0.109 e. The summed E-state index contributed by atoms with van der Waals surface area (Å²) in [6.45, 7) is 3.62. The lowest BCUT2D eigenvalue weighted by Crippen LogP contribution is -2.21. The SMILES string of the molecule is OCC1CCn2cc(CC3CCNC3)nc2C1. The maximum atomic E-state index is 9.21. The minimum absolute atomic E-state index is 0.300. The molecular formula is C13H21N3O. The average Bonchev–Trinajstić information content (AvgIpc) is 2.96. The number of rotatable bonds is 3. The molecule has 2 aliphatic heterocycles. The summed E-state index contributed by atoms with van der Waals surface area (Å²) in [6, 6.07) is 0. The Balaban J connectivity index is 1.69. The van der Waals surface area contributed by atoms with Crippen LogP contribution in [0, 0.1) is 11.8 Å². The van der Waals surface area contributed by atoms with Gasteiger partial charge in [0.25, 0.3) is 0 Å². The minimum atomic E-state index is 0.300. The zero-order valence-corrected chi connectivity index (χ0v) is 10.2. The van der Waals surface area contributed by atoms with Crippen molar-refractivity contribution in [1.29, 1.82) is 0 Å². The summed E-state index contributed by atoms with van der Waals surface area (Å²) in [6.07, 6.45) is 6.64. The van der Waals surface area contributed by atoms with Crippen LogP contribution in [0.3, 0.4) is 0 Å². The van der Waals surface area contributed by atoms with Gasteiger partial charge in [-0.3, -0.25) is 0 Å². The molecule has 2 aliphatic rings. The summed E-state index contributed by atoms with van der Waals surface area (Å²) in [7, 11) is 0. The van der Waals surface area contributed by atoms with Crippen molar-refractivity contribution in [2.24, 2.45) is 11.8 Å². The summed E-state index contributed by atoms with van der Waals surface area (Å²) in [5.74, 6) is 2.36. The number of fused-ring (bicyclic) bond motifs is 1. The molecule has 3 rings (SSSR count). The first-order valence-corrected chi connectivity index (χ1v) is 6.71. The van der Waals surface area contributed by atoms with Gasteiger partial charge in [-0.1, -0.05) is 0 Å². The van der Waals surface area contributed by atoms with Crippen molar-refractivity contribution in [3.8, 4) is 0 Å². The van der Waals surface area contributed by atoms with Gasteiger partial charge < -0.3 is 15.0 Å².